The van der Waals surface area contributed by atoms with Gasteiger partial charge in [-0.05, 0) is 67.3 Å². The second-order valence-corrected chi connectivity index (χ2v) is 14.3. The molecule has 0 heterocycles. The molecular formula is C36H37Cl2N3O4S. The summed E-state index contributed by atoms with van der Waals surface area (Å²) >= 11 is 12.9. The summed E-state index contributed by atoms with van der Waals surface area (Å²) in [6, 6.07) is 28.6. The molecule has 46 heavy (non-hydrogen) atoms. The number of anilines is 1. The number of hydrogen-bond acceptors (Lipinski definition) is 4. The zero-order valence-corrected chi connectivity index (χ0v) is 27.9. The summed E-state index contributed by atoms with van der Waals surface area (Å²) in [6.07, 6.45) is 4.05. The summed E-state index contributed by atoms with van der Waals surface area (Å²) in [5.41, 5.74) is 2.63. The summed E-state index contributed by atoms with van der Waals surface area (Å²) < 4.78 is 29.4. The smallest absolute Gasteiger partial charge is 0.264 e. The number of amides is 2. The molecule has 240 valence electrons. The van der Waals surface area contributed by atoms with Crippen LogP contribution in [0.2, 0.25) is 10.0 Å². The fourth-order valence-corrected chi connectivity index (χ4v) is 7.69. The molecule has 0 saturated heterocycles. The zero-order chi connectivity index (χ0) is 32.7. The third-order valence-corrected chi connectivity index (χ3v) is 10.6. The van der Waals surface area contributed by atoms with E-state index < -0.39 is 28.5 Å². The van der Waals surface area contributed by atoms with Crippen LogP contribution < -0.4 is 9.62 Å². The van der Waals surface area contributed by atoms with Crippen LogP contribution in [0.4, 0.5) is 5.69 Å². The maximum Gasteiger partial charge on any atom is 0.264 e. The van der Waals surface area contributed by atoms with E-state index in [9.17, 15) is 18.0 Å². The van der Waals surface area contributed by atoms with Crippen molar-refractivity contribution in [1.29, 1.82) is 0 Å². The van der Waals surface area contributed by atoms with E-state index >= 15 is 0 Å². The van der Waals surface area contributed by atoms with Crippen molar-refractivity contribution in [1.82, 2.24) is 10.2 Å². The number of carbonyl (C=O) groups excluding carboxylic acids is 2. The van der Waals surface area contributed by atoms with Crippen LogP contribution in [0.25, 0.3) is 0 Å². The van der Waals surface area contributed by atoms with Crippen LogP contribution in [0, 0.1) is 6.92 Å². The third-order valence-electron chi connectivity index (χ3n) is 8.22. The first-order chi connectivity index (χ1) is 22.1. The van der Waals surface area contributed by atoms with E-state index in [1.165, 1.54) is 17.0 Å². The molecule has 2 amide bonds. The highest BCUT2D eigenvalue weighted by Crippen LogP contribution is 2.31. The molecular weight excluding hydrogens is 641 g/mol. The van der Waals surface area contributed by atoms with Crippen LogP contribution in [0.5, 0.6) is 0 Å². The van der Waals surface area contributed by atoms with Gasteiger partial charge in [0, 0.05) is 24.0 Å². The Balaban J connectivity index is 1.57. The molecule has 0 bridgehead atoms. The van der Waals surface area contributed by atoms with Crippen molar-refractivity contribution in [3.8, 4) is 0 Å². The highest BCUT2D eigenvalue weighted by molar-refractivity contribution is 7.92. The van der Waals surface area contributed by atoms with Crippen molar-refractivity contribution in [2.75, 3.05) is 10.8 Å². The molecule has 1 atom stereocenters. The van der Waals surface area contributed by atoms with E-state index in [4.69, 9.17) is 23.2 Å². The normalized spacial score (nSPS) is 14.1. The molecule has 1 N–H and O–H groups in total. The standard InChI is InChI=1S/C36H37Cl2N3O4S/c1-26-18-20-31(21-19-26)46(44,45)41(33-17-8-7-16-32(33)38)25-35(42)40(24-28-12-9-13-29(37)22-28)34(23-27-10-3-2-4-11-27)36(43)39-30-14-5-6-15-30/h2-4,7-13,16-22,30,34H,5-6,14-15,23-25H2,1H3,(H,39,43)/t34-/m1/s1. The molecule has 0 aromatic heterocycles. The van der Waals surface area contributed by atoms with Gasteiger partial charge in [0.15, 0.2) is 0 Å². The van der Waals surface area contributed by atoms with Gasteiger partial charge in [-0.1, -0.05) is 108 Å². The minimum absolute atomic E-state index is 0.0204. The lowest BCUT2D eigenvalue weighted by Crippen LogP contribution is -2.54. The first-order valence-electron chi connectivity index (χ1n) is 15.3. The Morgan fingerprint density at radius 3 is 2.17 bits per heavy atom. The Bertz CT molecular complexity index is 1760. The zero-order valence-electron chi connectivity index (χ0n) is 25.6. The quantitative estimate of drug-likeness (QED) is 0.172. The largest absolute Gasteiger partial charge is 0.352 e. The van der Waals surface area contributed by atoms with Gasteiger partial charge in [0.05, 0.1) is 15.6 Å². The van der Waals surface area contributed by atoms with E-state index in [1.807, 2.05) is 43.3 Å². The van der Waals surface area contributed by atoms with Gasteiger partial charge in [-0.2, -0.15) is 0 Å². The molecule has 5 rings (SSSR count). The predicted octanol–water partition coefficient (Wildman–Crippen LogP) is 7.20. The van der Waals surface area contributed by atoms with Gasteiger partial charge in [0.2, 0.25) is 11.8 Å². The average molecular weight is 679 g/mol. The molecule has 1 saturated carbocycles. The van der Waals surface area contributed by atoms with Crippen LogP contribution in [-0.2, 0) is 32.6 Å². The highest BCUT2D eigenvalue weighted by Gasteiger charge is 2.36. The van der Waals surface area contributed by atoms with Gasteiger partial charge in [0.25, 0.3) is 10.0 Å². The molecule has 1 aliphatic carbocycles. The lowest BCUT2D eigenvalue weighted by molar-refractivity contribution is -0.140. The van der Waals surface area contributed by atoms with Crippen molar-refractivity contribution in [2.24, 2.45) is 0 Å². The highest BCUT2D eigenvalue weighted by atomic mass is 35.5. The number of hydrogen-bond donors (Lipinski definition) is 1. The molecule has 0 aliphatic heterocycles. The number of para-hydroxylation sites is 1. The van der Waals surface area contributed by atoms with Gasteiger partial charge in [-0.3, -0.25) is 13.9 Å². The monoisotopic (exact) mass is 677 g/mol. The lowest BCUT2D eigenvalue weighted by Gasteiger charge is -2.34. The van der Waals surface area contributed by atoms with Crippen LogP contribution in [-0.4, -0.2) is 43.8 Å². The van der Waals surface area contributed by atoms with Crippen molar-refractivity contribution < 1.29 is 18.0 Å². The molecule has 0 unspecified atom stereocenters. The van der Waals surface area contributed by atoms with Gasteiger partial charge in [-0.25, -0.2) is 8.42 Å². The fraction of sp³-hybridized carbons (Fsp3) is 0.278. The molecule has 0 radical (unpaired) electrons. The first kappa shape index (κ1) is 33.5. The van der Waals surface area contributed by atoms with E-state index in [-0.39, 0.29) is 40.5 Å². The first-order valence-corrected chi connectivity index (χ1v) is 17.5. The summed E-state index contributed by atoms with van der Waals surface area (Å²) in [5.74, 6) is -0.838. The second kappa shape index (κ2) is 15.2. The fourth-order valence-electron chi connectivity index (χ4n) is 5.76. The maximum absolute atomic E-state index is 14.6. The Labute approximate surface area is 281 Å². The van der Waals surface area contributed by atoms with Gasteiger partial charge < -0.3 is 10.2 Å². The topological polar surface area (TPSA) is 86.8 Å². The van der Waals surface area contributed by atoms with Crippen LogP contribution >= 0.6 is 23.2 Å². The number of rotatable bonds is 12. The molecule has 1 aliphatic rings. The molecule has 4 aromatic carbocycles. The predicted molar refractivity (Wildman–Crippen MR) is 183 cm³/mol. The van der Waals surface area contributed by atoms with Crippen molar-refractivity contribution in [2.45, 2.75) is 62.6 Å². The Kier molecular flexibility index (Phi) is 11.0. The van der Waals surface area contributed by atoms with Crippen LogP contribution in [0.3, 0.4) is 0 Å². The molecule has 10 heteroatoms. The number of nitrogens with one attached hydrogen (secondary N) is 1. The van der Waals surface area contributed by atoms with Gasteiger partial charge >= 0.3 is 0 Å². The summed E-state index contributed by atoms with van der Waals surface area (Å²) in [4.78, 5) is 30.2. The van der Waals surface area contributed by atoms with Gasteiger partial charge in [-0.15, -0.1) is 0 Å². The summed E-state index contributed by atoms with van der Waals surface area (Å²) in [6.45, 7) is 1.32. The second-order valence-electron chi connectivity index (χ2n) is 11.6. The number of carbonyl (C=O) groups is 2. The number of nitrogens with zero attached hydrogens (tertiary/aromatic N) is 2. The van der Waals surface area contributed by atoms with E-state index in [2.05, 4.69) is 5.32 Å². The Morgan fingerprint density at radius 1 is 0.848 bits per heavy atom. The van der Waals surface area contributed by atoms with Crippen LogP contribution in [0.15, 0.2) is 108 Å². The minimum Gasteiger partial charge on any atom is -0.352 e. The number of halogens is 2. The number of benzene rings is 4. The molecule has 1 fully saturated rings. The SMILES string of the molecule is Cc1ccc(S(=O)(=O)N(CC(=O)N(Cc2cccc(Cl)c2)[C@H](Cc2ccccc2)C(=O)NC2CCCC2)c2ccccc2Cl)cc1. The van der Waals surface area contributed by atoms with Crippen molar-refractivity contribution in [3.05, 3.63) is 130 Å². The van der Waals surface area contributed by atoms with E-state index in [0.717, 1.165) is 41.1 Å². The molecule has 4 aromatic rings. The maximum atomic E-state index is 14.6. The minimum atomic E-state index is -4.25. The third kappa shape index (κ3) is 8.29. The summed E-state index contributed by atoms with van der Waals surface area (Å²) in [7, 11) is -4.25. The Hall–Kier alpha value is -3.85. The lowest BCUT2D eigenvalue weighted by atomic mass is 10.0. The number of aryl methyl sites for hydroxylation is 1. The van der Waals surface area contributed by atoms with Crippen molar-refractivity contribution >= 4 is 50.7 Å². The van der Waals surface area contributed by atoms with Crippen LogP contribution in [0.1, 0.15) is 42.4 Å². The molecule has 0 spiro atoms. The number of sulfonamides is 1. The molecule has 7 nitrogen and oxygen atoms in total. The average Bonchev–Trinajstić information content (AvgIpc) is 3.55. The summed E-state index contributed by atoms with van der Waals surface area (Å²) in [5, 5.41) is 3.83. The van der Waals surface area contributed by atoms with E-state index in [0.29, 0.717) is 10.6 Å². The van der Waals surface area contributed by atoms with Gasteiger partial charge in [0.1, 0.15) is 12.6 Å². The Morgan fingerprint density at radius 2 is 1.50 bits per heavy atom. The van der Waals surface area contributed by atoms with E-state index in [1.54, 1.807) is 54.6 Å². The van der Waals surface area contributed by atoms with Crippen molar-refractivity contribution in [3.63, 3.8) is 0 Å².